The predicted molar refractivity (Wildman–Crippen MR) is 67.2 cm³/mol. The second-order valence-electron chi connectivity index (χ2n) is 4.13. The molecule has 1 aromatic heterocycles. The van der Waals surface area contributed by atoms with Crippen molar-refractivity contribution >= 4 is 11.8 Å². The number of thioether (sulfide) groups is 1. The fraction of sp³-hybridized carbons (Fsp3) is 0.667. The molecule has 84 valence electrons. The van der Waals surface area contributed by atoms with Crippen LogP contribution in [0.3, 0.4) is 0 Å². The van der Waals surface area contributed by atoms with Gasteiger partial charge in [0.15, 0.2) is 0 Å². The van der Waals surface area contributed by atoms with Gasteiger partial charge in [0.2, 0.25) is 0 Å². The molecule has 1 heterocycles. The maximum Gasteiger partial charge on any atom is 0.0223 e. The van der Waals surface area contributed by atoms with Crippen LogP contribution in [-0.2, 0) is 6.54 Å². The SMILES string of the molecule is CCSC1CCCC1NCc1cc[nH]c1. The zero-order chi connectivity index (χ0) is 10.5. The summed E-state index contributed by atoms with van der Waals surface area (Å²) in [5, 5.41) is 4.52. The number of nitrogens with one attached hydrogen (secondary N) is 2. The second-order valence-corrected chi connectivity index (χ2v) is 5.65. The van der Waals surface area contributed by atoms with Crippen molar-refractivity contribution in [3.8, 4) is 0 Å². The van der Waals surface area contributed by atoms with E-state index in [-0.39, 0.29) is 0 Å². The highest BCUT2D eigenvalue weighted by molar-refractivity contribution is 7.99. The predicted octanol–water partition coefficient (Wildman–Crippen LogP) is 2.78. The molecule has 0 bridgehead atoms. The topological polar surface area (TPSA) is 27.8 Å². The van der Waals surface area contributed by atoms with Crippen LogP contribution < -0.4 is 5.32 Å². The molecule has 3 heteroatoms. The van der Waals surface area contributed by atoms with Crippen molar-refractivity contribution in [1.82, 2.24) is 10.3 Å². The summed E-state index contributed by atoms with van der Waals surface area (Å²) in [6.45, 7) is 3.27. The van der Waals surface area contributed by atoms with Gasteiger partial charge in [-0.2, -0.15) is 11.8 Å². The first kappa shape index (κ1) is 11.1. The molecule has 2 nitrogen and oxygen atoms in total. The van der Waals surface area contributed by atoms with E-state index < -0.39 is 0 Å². The van der Waals surface area contributed by atoms with Gasteiger partial charge < -0.3 is 10.3 Å². The van der Waals surface area contributed by atoms with Crippen molar-refractivity contribution in [2.75, 3.05) is 5.75 Å². The van der Waals surface area contributed by atoms with E-state index in [2.05, 4.69) is 41.2 Å². The fourth-order valence-electron chi connectivity index (χ4n) is 2.29. The Morgan fingerprint density at radius 2 is 2.47 bits per heavy atom. The van der Waals surface area contributed by atoms with Gasteiger partial charge >= 0.3 is 0 Å². The summed E-state index contributed by atoms with van der Waals surface area (Å²) in [6.07, 6.45) is 8.20. The molecule has 1 aliphatic carbocycles. The highest BCUT2D eigenvalue weighted by Gasteiger charge is 2.26. The fourth-order valence-corrected chi connectivity index (χ4v) is 3.52. The van der Waals surface area contributed by atoms with E-state index in [0.717, 1.165) is 17.8 Å². The lowest BCUT2D eigenvalue weighted by atomic mass is 10.2. The van der Waals surface area contributed by atoms with Gasteiger partial charge in [0.1, 0.15) is 0 Å². The Labute approximate surface area is 96.2 Å². The quantitative estimate of drug-likeness (QED) is 0.805. The first-order valence-electron chi connectivity index (χ1n) is 5.87. The molecule has 0 spiro atoms. The molecule has 1 fully saturated rings. The number of rotatable bonds is 5. The lowest BCUT2D eigenvalue weighted by Gasteiger charge is -2.19. The lowest BCUT2D eigenvalue weighted by Crippen LogP contribution is -2.33. The van der Waals surface area contributed by atoms with Crippen molar-refractivity contribution in [3.05, 3.63) is 24.0 Å². The number of hydrogen-bond donors (Lipinski definition) is 2. The summed E-state index contributed by atoms with van der Waals surface area (Å²) in [4.78, 5) is 3.10. The van der Waals surface area contributed by atoms with Crippen molar-refractivity contribution in [1.29, 1.82) is 0 Å². The van der Waals surface area contributed by atoms with Crippen LogP contribution in [0.5, 0.6) is 0 Å². The van der Waals surface area contributed by atoms with E-state index in [1.165, 1.54) is 30.6 Å². The Morgan fingerprint density at radius 3 is 3.20 bits per heavy atom. The molecule has 1 aromatic rings. The minimum atomic E-state index is 0.727. The van der Waals surface area contributed by atoms with Crippen molar-refractivity contribution in [3.63, 3.8) is 0 Å². The zero-order valence-electron chi connectivity index (χ0n) is 9.33. The Balaban J connectivity index is 1.78. The molecule has 1 saturated carbocycles. The van der Waals surface area contributed by atoms with Gasteiger partial charge in [-0.3, -0.25) is 0 Å². The van der Waals surface area contributed by atoms with Crippen LogP contribution in [0.15, 0.2) is 18.5 Å². The second kappa shape index (κ2) is 5.61. The monoisotopic (exact) mass is 224 g/mol. The molecule has 15 heavy (non-hydrogen) atoms. The normalized spacial score (nSPS) is 25.9. The smallest absolute Gasteiger partial charge is 0.0223 e. The highest BCUT2D eigenvalue weighted by Crippen LogP contribution is 2.29. The molecule has 2 rings (SSSR count). The van der Waals surface area contributed by atoms with Crippen LogP contribution in [0.4, 0.5) is 0 Å². The van der Waals surface area contributed by atoms with Gasteiger partial charge in [0.25, 0.3) is 0 Å². The Kier molecular flexibility index (Phi) is 4.15. The maximum absolute atomic E-state index is 3.68. The molecule has 1 aliphatic rings. The minimum absolute atomic E-state index is 0.727. The molecular formula is C12H20N2S. The van der Waals surface area contributed by atoms with Crippen LogP contribution in [0.2, 0.25) is 0 Å². The van der Waals surface area contributed by atoms with Crippen molar-refractivity contribution < 1.29 is 0 Å². The summed E-state index contributed by atoms with van der Waals surface area (Å²) < 4.78 is 0. The molecule has 0 aromatic carbocycles. The van der Waals surface area contributed by atoms with E-state index in [1.807, 2.05) is 6.20 Å². The Hall–Kier alpha value is -0.410. The number of aromatic nitrogens is 1. The van der Waals surface area contributed by atoms with E-state index in [9.17, 15) is 0 Å². The lowest BCUT2D eigenvalue weighted by molar-refractivity contribution is 0.532. The van der Waals surface area contributed by atoms with E-state index >= 15 is 0 Å². The summed E-state index contributed by atoms with van der Waals surface area (Å²) in [7, 11) is 0. The molecular weight excluding hydrogens is 204 g/mol. The van der Waals surface area contributed by atoms with E-state index in [1.54, 1.807) is 0 Å². The molecule has 0 amide bonds. The first-order valence-corrected chi connectivity index (χ1v) is 6.91. The largest absolute Gasteiger partial charge is 0.367 e. The minimum Gasteiger partial charge on any atom is -0.367 e. The zero-order valence-corrected chi connectivity index (χ0v) is 10.1. The van der Waals surface area contributed by atoms with Gasteiger partial charge in [-0.05, 0) is 30.2 Å². The van der Waals surface area contributed by atoms with E-state index in [0.29, 0.717) is 0 Å². The first-order chi connectivity index (χ1) is 7.40. The van der Waals surface area contributed by atoms with Crippen LogP contribution in [0, 0.1) is 0 Å². The number of H-pyrrole nitrogens is 1. The van der Waals surface area contributed by atoms with Gasteiger partial charge in [0, 0.05) is 30.2 Å². The third kappa shape index (κ3) is 3.02. The van der Waals surface area contributed by atoms with Gasteiger partial charge in [-0.1, -0.05) is 13.3 Å². The summed E-state index contributed by atoms with van der Waals surface area (Å²) >= 11 is 2.11. The third-order valence-electron chi connectivity index (χ3n) is 3.06. The van der Waals surface area contributed by atoms with Crippen LogP contribution in [0.25, 0.3) is 0 Å². The van der Waals surface area contributed by atoms with E-state index in [4.69, 9.17) is 0 Å². The number of hydrogen-bond acceptors (Lipinski definition) is 2. The average Bonchev–Trinajstić information content (AvgIpc) is 2.85. The summed E-state index contributed by atoms with van der Waals surface area (Å²) in [5.74, 6) is 1.24. The van der Waals surface area contributed by atoms with Gasteiger partial charge in [-0.15, -0.1) is 0 Å². The molecule has 0 radical (unpaired) electrons. The van der Waals surface area contributed by atoms with Crippen molar-refractivity contribution in [2.45, 2.75) is 44.0 Å². The molecule has 2 atom stereocenters. The van der Waals surface area contributed by atoms with Crippen molar-refractivity contribution in [2.24, 2.45) is 0 Å². The number of aromatic amines is 1. The maximum atomic E-state index is 3.68. The summed E-state index contributed by atoms with van der Waals surface area (Å²) in [5.41, 5.74) is 1.36. The molecule has 2 unspecified atom stereocenters. The Morgan fingerprint density at radius 1 is 1.53 bits per heavy atom. The van der Waals surface area contributed by atoms with Gasteiger partial charge in [0.05, 0.1) is 0 Å². The van der Waals surface area contributed by atoms with Gasteiger partial charge in [-0.25, -0.2) is 0 Å². The highest BCUT2D eigenvalue weighted by atomic mass is 32.2. The van der Waals surface area contributed by atoms with Crippen LogP contribution in [0.1, 0.15) is 31.7 Å². The summed E-state index contributed by atoms with van der Waals surface area (Å²) in [6, 6.07) is 2.87. The third-order valence-corrected chi connectivity index (χ3v) is 4.39. The average molecular weight is 224 g/mol. The van der Waals surface area contributed by atoms with Crippen LogP contribution >= 0.6 is 11.8 Å². The molecule has 0 aliphatic heterocycles. The molecule has 0 saturated heterocycles. The molecule has 2 N–H and O–H groups in total. The standard InChI is InChI=1S/C12H20N2S/c1-2-15-12-5-3-4-11(12)14-9-10-6-7-13-8-10/h6-8,11-14H,2-5,9H2,1H3. The van der Waals surface area contributed by atoms with Crippen LogP contribution in [-0.4, -0.2) is 22.0 Å². The Bertz CT molecular complexity index is 271.